The number of carbonyl (C=O) groups excluding carboxylic acids is 1. The first-order valence-corrected chi connectivity index (χ1v) is 4.69. The maximum atomic E-state index is 11.4. The first kappa shape index (κ1) is 9.65. The van der Waals surface area contributed by atoms with Crippen LogP contribution in [0.5, 0.6) is 0 Å². The van der Waals surface area contributed by atoms with E-state index in [0.29, 0.717) is 5.56 Å². The van der Waals surface area contributed by atoms with E-state index in [1.54, 1.807) is 24.4 Å². The normalized spacial score (nSPS) is 9.60. The van der Waals surface area contributed by atoms with Crippen LogP contribution < -0.4 is 0 Å². The SMILES string of the molecule is O=C(N=C=S)c1ccc2ncccc2c1. The minimum Gasteiger partial charge on any atom is -0.266 e. The minimum atomic E-state index is -0.379. The predicted octanol–water partition coefficient (Wildman–Crippen LogP) is 2.48. The molecule has 0 N–H and O–H groups in total. The average Bonchev–Trinajstić information content (AvgIpc) is 2.29. The number of nitrogens with zero attached hydrogens (tertiary/aromatic N) is 2. The number of thiocarbonyl (C=S) groups is 1. The third-order valence-electron chi connectivity index (χ3n) is 2.00. The number of carbonyl (C=O) groups is 1. The van der Waals surface area contributed by atoms with Gasteiger partial charge < -0.3 is 0 Å². The van der Waals surface area contributed by atoms with Gasteiger partial charge in [-0.25, -0.2) is 0 Å². The van der Waals surface area contributed by atoms with E-state index in [4.69, 9.17) is 0 Å². The lowest BCUT2D eigenvalue weighted by Crippen LogP contribution is -1.93. The van der Waals surface area contributed by atoms with Crippen LogP contribution in [0, 0.1) is 0 Å². The van der Waals surface area contributed by atoms with Crippen LogP contribution in [0.15, 0.2) is 41.5 Å². The lowest BCUT2D eigenvalue weighted by atomic mass is 10.1. The van der Waals surface area contributed by atoms with Crippen LogP contribution in [0.25, 0.3) is 10.9 Å². The van der Waals surface area contributed by atoms with Gasteiger partial charge in [0.05, 0.1) is 10.7 Å². The first-order valence-electron chi connectivity index (χ1n) is 4.28. The van der Waals surface area contributed by atoms with Crippen LogP contribution in [0.3, 0.4) is 0 Å². The Morgan fingerprint density at radius 2 is 2.27 bits per heavy atom. The number of isothiocyanates is 1. The summed E-state index contributed by atoms with van der Waals surface area (Å²) in [7, 11) is 0. The Bertz CT molecular complexity index is 574. The number of benzene rings is 1. The number of aliphatic imine (C=N–C) groups is 1. The standard InChI is InChI=1S/C11H6N2OS/c14-11(13-7-15)9-3-4-10-8(6-9)2-1-5-12-10/h1-6H. The lowest BCUT2D eigenvalue weighted by molar-refractivity contribution is 0.100. The Hall–Kier alpha value is -1.90. The molecule has 1 amide bonds. The van der Waals surface area contributed by atoms with E-state index >= 15 is 0 Å². The van der Waals surface area contributed by atoms with Gasteiger partial charge in [0.1, 0.15) is 0 Å². The van der Waals surface area contributed by atoms with Crippen molar-refractivity contribution in [3.8, 4) is 0 Å². The number of amides is 1. The minimum absolute atomic E-state index is 0.379. The Morgan fingerprint density at radius 3 is 3.07 bits per heavy atom. The highest BCUT2D eigenvalue weighted by atomic mass is 32.1. The van der Waals surface area contributed by atoms with Crippen molar-refractivity contribution in [3.05, 3.63) is 42.1 Å². The number of fused-ring (bicyclic) bond motifs is 1. The third-order valence-corrected chi connectivity index (χ3v) is 2.09. The molecule has 2 rings (SSSR count). The molecule has 1 aromatic heterocycles. The molecule has 72 valence electrons. The van der Waals surface area contributed by atoms with Gasteiger partial charge in [0.25, 0.3) is 5.91 Å². The molecule has 1 aromatic carbocycles. The second-order valence-corrected chi connectivity index (χ2v) is 3.10. The van der Waals surface area contributed by atoms with Gasteiger partial charge in [-0.3, -0.25) is 9.78 Å². The van der Waals surface area contributed by atoms with Crippen LogP contribution in [-0.4, -0.2) is 16.1 Å². The van der Waals surface area contributed by atoms with Gasteiger partial charge in [0.15, 0.2) is 0 Å². The fourth-order valence-corrected chi connectivity index (χ4v) is 1.40. The molecule has 0 aliphatic carbocycles. The third kappa shape index (κ3) is 1.96. The predicted molar refractivity (Wildman–Crippen MR) is 61.1 cm³/mol. The number of hydrogen-bond acceptors (Lipinski definition) is 3. The Morgan fingerprint density at radius 1 is 1.40 bits per heavy atom. The Balaban J connectivity index is 2.56. The largest absolute Gasteiger partial charge is 0.285 e. The van der Waals surface area contributed by atoms with Crippen LogP contribution in [0.2, 0.25) is 0 Å². The first-order chi connectivity index (χ1) is 7.31. The van der Waals surface area contributed by atoms with E-state index in [0.717, 1.165) is 10.9 Å². The summed E-state index contributed by atoms with van der Waals surface area (Å²) in [6.45, 7) is 0. The van der Waals surface area contributed by atoms with Gasteiger partial charge in [0, 0.05) is 17.1 Å². The highest BCUT2D eigenvalue weighted by Gasteiger charge is 2.04. The van der Waals surface area contributed by atoms with Crippen LogP contribution >= 0.6 is 12.2 Å². The molecule has 0 aliphatic heterocycles. The summed E-state index contributed by atoms with van der Waals surface area (Å²) in [5, 5.41) is 2.96. The molecule has 0 radical (unpaired) electrons. The number of aromatic nitrogens is 1. The highest BCUT2D eigenvalue weighted by Crippen LogP contribution is 2.13. The monoisotopic (exact) mass is 214 g/mol. The molecule has 0 saturated heterocycles. The average molecular weight is 214 g/mol. The molecule has 0 spiro atoms. The van der Waals surface area contributed by atoms with Gasteiger partial charge in [-0.1, -0.05) is 6.07 Å². The summed E-state index contributed by atoms with van der Waals surface area (Å²) in [5.41, 5.74) is 1.34. The van der Waals surface area contributed by atoms with E-state index in [2.05, 4.69) is 27.4 Å². The summed E-state index contributed by atoms with van der Waals surface area (Å²) >= 11 is 4.37. The van der Waals surface area contributed by atoms with E-state index in [1.165, 1.54) is 0 Å². The summed E-state index contributed by atoms with van der Waals surface area (Å²) < 4.78 is 0. The van der Waals surface area contributed by atoms with Gasteiger partial charge >= 0.3 is 0 Å². The fourth-order valence-electron chi connectivity index (χ4n) is 1.31. The quantitative estimate of drug-likeness (QED) is 0.541. The molecule has 0 aliphatic rings. The van der Waals surface area contributed by atoms with Gasteiger partial charge in [-0.05, 0) is 36.5 Å². The number of pyridine rings is 1. The molecular weight excluding hydrogens is 208 g/mol. The molecule has 0 unspecified atom stereocenters. The Kier molecular flexibility index (Phi) is 2.63. The van der Waals surface area contributed by atoms with Crippen molar-refractivity contribution in [2.75, 3.05) is 0 Å². The maximum Gasteiger partial charge on any atom is 0.285 e. The van der Waals surface area contributed by atoms with Crippen LogP contribution in [0.4, 0.5) is 0 Å². The van der Waals surface area contributed by atoms with Crippen molar-refractivity contribution in [1.29, 1.82) is 0 Å². The molecule has 0 bridgehead atoms. The van der Waals surface area contributed by atoms with Crippen LogP contribution in [0.1, 0.15) is 10.4 Å². The van der Waals surface area contributed by atoms with Gasteiger partial charge in [0.2, 0.25) is 0 Å². The maximum absolute atomic E-state index is 11.4. The van der Waals surface area contributed by atoms with Crippen molar-refractivity contribution < 1.29 is 4.79 Å². The molecule has 15 heavy (non-hydrogen) atoms. The zero-order chi connectivity index (χ0) is 10.7. The summed E-state index contributed by atoms with van der Waals surface area (Å²) in [6, 6.07) is 8.90. The van der Waals surface area contributed by atoms with Crippen LogP contribution in [-0.2, 0) is 0 Å². The van der Waals surface area contributed by atoms with E-state index in [1.807, 2.05) is 12.1 Å². The summed E-state index contributed by atoms with van der Waals surface area (Å²) in [4.78, 5) is 18.9. The molecule has 0 fully saturated rings. The molecule has 4 heteroatoms. The molecular formula is C11H6N2OS. The topological polar surface area (TPSA) is 42.3 Å². The molecule has 0 atom stereocenters. The second kappa shape index (κ2) is 4.09. The van der Waals surface area contributed by atoms with Gasteiger partial charge in [-0.2, -0.15) is 4.99 Å². The number of hydrogen-bond donors (Lipinski definition) is 0. The zero-order valence-corrected chi connectivity index (χ0v) is 8.49. The molecule has 1 heterocycles. The van der Waals surface area contributed by atoms with E-state index in [-0.39, 0.29) is 5.91 Å². The van der Waals surface area contributed by atoms with E-state index < -0.39 is 0 Å². The smallest absolute Gasteiger partial charge is 0.266 e. The Labute approximate surface area is 91.5 Å². The number of rotatable bonds is 1. The van der Waals surface area contributed by atoms with Crippen molar-refractivity contribution >= 4 is 34.2 Å². The second-order valence-electron chi connectivity index (χ2n) is 2.92. The molecule has 2 aromatic rings. The van der Waals surface area contributed by atoms with Crippen molar-refractivity contribution in [3.63, 3.8) is 0 Å². The van der Waals surface area contributed by atoms with Crippen molar-refractivity contribution in [1.82, 2.24) is 4.98 Å². The zero-order valence-electron chi connectivity index (χ0n) is 7.68. The highest BCUT2D eigenvalue weighted by molar-refractivity contribution is 7.78. The van der Waals surface area contributed by atoms with E-state index in [9.17, 15) is 4.79 Å². The fraction of sp³-hybridized carbons (Fsp3) is 0. The van der Waals surface area contributed by atoms with Gasteiger partial charge in [-0.15, -0.1) is 0 Å². The van der Waals surface area contributed by atoms with Crippen molar-refractivity contribution in [2.45, 2.75) is 0 Å². The summed E-state index contributed by atoms with van der Waals surface area (Å²) in [5.74, 6) is -0.379. The lowest BCUT2D eigenvalue weighted by Gasteiger charge is -1.97. The molecule has 0 saturated carbocycles. The van der Waals surface area contributed by atoms with Crippen molar-refractivity contribution in [2.24, 2.45) is 4.99 Å². The molecule has 3 nitrogen and oxygen atoms in total. The summed E-state index contributed by atoms with van der Waals surface area (Å²) in [6.07, 6.45) is 1.71.